The maximum Gasteiger partial charge on any atom is 0.463 e. The van der Waals surface area contributed by atoms with Gasteiger partial charge in [-0.3, -0.25) is 0 Å². The molecule has 0 bridgehead atoms. The summed E-state index contributed by atoms with van der Waals surface area (Å²) in [5.41, 5.74) is 3.12. The minimum atomic E-state index is -0.380. The van der Waals surface area contributed by atoms with Gasteiger partial charge in [-0.1, -0.05) is 47.1 Å². The highest BCUT2D eigenvalue weighted by molar-refractivity contribution is 5.88. The van der Waals surface area contributed by atoms with Crippen molar-refractivity contribution in [3.63, 3.8) is 0 Å². The van der Waals surface area contributed by atoms with Crippen molar-refractivity contribution in [1.82, 2.24) is 10.6 Å². The maximum atomic E-state index is 12.6. The Morgan fingerprint density at radius 2 is 1.70 bits per heavy atom. The fourth-order valence-corrected chi connectivity index (χ4v) is 4.78. The topological polar surface area (TPSA) is 83.8 Å². The van der Waals surface area contributed by atoms with E-state index in [1.54, 1.807) is 18.8 Å². The normalized spacial score (nSPS) is 16.8. The van der Waals surface area contributed by atoms with Crippen LogP contribution >= 0.6 is 0 Å². The minimum Gasteiger partial charge on any atom is -0.497 e. The number of aromatic nitrogens is 1. The van der Waals surface area contributed by atoms with Crippen LogP contribution in [0.3, 0.4) is 0 Å². The van der Waals surface area contributed by atoms with Crippen LogP contribution in [0.1, 0.15) is 44.7 Å². The Kier molecular flexibility index (Phi) is 8.48. The molecule has 0 saturated carbocycles. The van der Waals surface area contributed by atoms with Gasteiger partial charge < -0.3 is 20.1 Å². The molecule has 0 unspecified atom stereocenters. The molecule has 196 valence electrons. The molecule has 2 aromatic carbocycles. The van der Waals surface area contributed by atoms with Crippen LogP contribution in [0.4, 0.5) is 9.59 Å². The number of nitrogens with one attached hydrogen (secondary N) is 2. The molecule has 0 aliphatic carbocycles. The molecule has 1 saturated heterocycles. The summed E-state index contributed by atoms with van der Waals surface area (Å²) in [6, 6.07) is 16.8. The number of amides is 3. The fraction of sp³-hybridized carbons (Fsp3) is 0.414. The maximum absolute atomic E-state index is 12.6. The van der Waals surface area contributed by atoms with Crippen molar-refractivity contribution in [2.45, 2.75) is 58.0 Å². The molecular weight excluding hydrogens is 468 g/mol. The molecule has 0 spiro atoms. The summed E-state index contributed by atoms with van der Waals surface area (Å²) in [5, 5.41) is 9.58. The number of carbonyl (C=O) groups excluding carboxylic acids is 2. The van der Waals surface area contributed by atoms with Crippen LogP contribution in [0.25, 0.3) is 21.9 Å². The van der Waals surface area contributed by atoms with Crippen molar-refractivity contribution < 1.29 is 23.7 Å². The lowest BCUT2D eigenvalue weighted by Crippen LogP contribution is -2.60. The molecule has 37 heavy (non-hydrogen) atoms. The lowest BCUT2D eigenvalue weighted by atomic mass is 10.0. The molecule has 2 heterocycles. The zero-order valence-corrected chi connectivity index (χ0v) is 22.1. The molecular formula is C29H37N4O4+. The lowest BCUT2D eigenvalue weighted by molar-refractivity contribution is -0.686. The molecule has 0 radical (unpaired) electrons. The molecule has 4 rings (SSSR count). The van der Waals surface area contributed by atoms with Crippen molar-refractivity contribution >= 4 is 22.9 Å². The predicted octanol–water partition coefficient (Wildman–Crippen LogP) is 4.84. The van der Waals surface area contributed by atoms with Crippen LogP contribution in [0, 0.1) is 6.92 Å². The first kappa shape index (κ1) is 26.3. The molecule has 1 aliphatic rings. The Morgan fingerprint density at radius 3 is 2.43 bits per heavy atom. The van der Waals surface area contributed by atoms with Gasteiger partial charge in [0.1, 0.15) is 5.75 Å². The second-order valence-electron chi connectivity index (χ2n) is 9.68. The fourth-order valence-electron chi connectivity index (χ4n) is 4.78. The third-order valence-electron chi connectivity index (χ3n) is 7.00. The second-order valence-corrected chi connectivity index (χ2v) is 9.68. The van der Waals surface area contributed by atoms with E-state index >= 15 is 0 Å². The van der Waals surface area contributed by atoms with E-state index in [0.29, 0.717) is 6.61 Å². The summed E-state index contributed by atoms with van der Waals surface area (Å²) in [5.74, 6) is 0.842. The number of ether oxygens (including phenoxy) is 2. The number of methoxy groups -OCH3 is 1. The summed E-state index contributed by atoms with van der Waals surface area (Å²) >= 11 is 0. The molecule has 1 aliphatic heterocycles. The van der Waals surface area contributed by atoms with Crippen molar-refractivity contribution in [2.75, 3.05) is 25.8 Å². The number of rotatable bonds is 10. The van der Waals surface area contributed by atoms with E-state index in [9.17, 15) is 9.59 Å². The average molecular weight is 506 g/mol. The van der Waals surface area contributed by atoms with Crippen LogP contribution in [0.15, 0.2) is 54.7 Å². The van der Waals surface area contributed by atoms with Crippen LogP contribution in [0.5, 0.6) is 5.75 Å². The quantitative estimate of drug-likeness (QED) is 0.305. The summed E-state index contributed by atoms with van der Waals surface area (Å²) in [6.07, 6.45) is 6.36. The average Bonchev–Trinajstić information content (AvgIpc) is 3.23. The number of hydrogen-bond acceptors (Lipinski definition) is 4. The Hall–Kier alpha value is -3.81. The third-order valence-corrected chi connectivity index (χ3v) is 7.00. The van der Waals surface area contributed by atoms with E-state index in [1.807, 2.05) is 38.2 Å². The first-order valence-corrected chi connectivity index (χ1v) is 12.9. The number of benzene rings is 2. The van der Waals surface area contributed by atoms with Gasteiger partial charge in [0.25, 0.3) is 0 Å². The molecule has 8 heteroatoms. The van der Waals surface area contributed by atoms with Crippen molar-refractivity contribution in [2.24, 2.45) is 0 Å². The number of unbranched alkanes of at least 4 members (excludes halogenated alkanes) is 3. The molecule has 2 atom stereocenters. The van der Waals surface area contributed by atoms with Crippen LogP contribution in [0.2, 0.25) is 0 Å². The van der Waals surface area contributed by atoms with Crippen LogP contribution in [-0.4, -0.2) is 45.0 Å². The van der Waals surface area contributed by atoms with Gasteiger partial charge in [0, 0.05) is 25.1 Å². The van der Waals surface area contributed by atoms with E-state index in [-0.39, 0.29) is 24.2 Å². The Morgan fingerprint density at radius 1 is 0.973 bits per heavy atom. The monoisotopic (exact) mass is 505 g/mol. The summed E-state index contributed by atoms with van der Waals surface area (Å²) in [4.78, 5) is 23.9. The van der Waals surface area contributed by atoms with Gasteiger partial charge in [-0.25, -0.2) is 9.59 Å². The molecule has 8 nitrogen and oxygen atoms in total. The van der Waals surface area contributed by atoms with E-state index < -0.39 is 0 Å². The number of hydrogen-bond donors (Lipinski definition) is 2. The predicted molar refractivity (Wildman–Crippen MR) is 144 cm³/mol. The van der Waals surface area contributed by atoms with E-state index in [0.717, 1.165) is 65.4 Å². The Labute approximate surface area is 218 Å². The highest BCUT2D eigenvalue weighted by Gasteiger charge is 2.27. The van der Waals surface area contributed by atoms with E-state index in [2.05, 4.69) is 41.0 Å². The minimum absolute atomic E-state index is 0.0775. The van der Waals surface area contributed by atoms with Crippen molar-refractivity contribution in [3.05, 3.63) is 60.4 Å². The largest absolute Gasteiger partial charge is 0.497 e. The Balaban J connectivity index is 1.25. The molecule has 3 aromatic rings. The first-order chi connectivity index (χ1) is 17.9. The van der Waals surface area contributed by atoms with E-state index in [4.69, 9.17) is 9.47 Å². The number of pyridine rings is 1. The summed E-state index contributed by atoms with van der Waals surface area (Å²) in [7, 11) is 3.38. The SMILES string of the molecule is COc1ccc2cc(-c3cc[n+](N(C)C(=O)OCCCCCC[C@H]4NC(=O)N[C@H]4C)c(C)c3)ccc2c1. The molecule has 2 N–H and O–H groups in total. The van der Waals surface area contributed by atoms with Crippen LogP contribution in [-0.2, 0) is 4.74 Å². The first-order valence-electron chi connectivity index (χ1n) is 12.9. The number of nitrogens with zero attached hydrogens (tertiary/aromatic N) is 2. The van der Waals surface area contributed by atoms with E-state index in [1.165, 1.54) is 5.01 Å². The number of carbonyl (C=O) groups is 2. The van der Waals surface area contributed by atoms with Crippen molar-refractivity contribution in [1.29, 1.82) is 0 Å². The summed E-state index contributed by atoms with van der Waals surface area (Å²) in [6.45, 7) is 4.39. The van der Waals surface area contributed by atoms with Gasteiger partial charge in [0.15, 0.2) is 0 Å². The zero-order chi connectivity index (χ0) is 26.4. The number of aryl methyl sites for hydroxylation is 1. The molecule has 1 aromatic heterocycles. The number of fused-ring (bicyclic) bond motifs is 1. The second kappa shape index (κ2) is 12.0. The van der Waals surface area contributed by atoms with Gasteiger partial charge >= 0.3 is 12.1 Å². The van der Waals surface area contributed by atoms with Gasteiger partial charge in [-0.2, -0.15) is 0 Å². The van der Waals surface area contributed by atoms with Gasteiger partial charge in [0.05, 0.1) is 26.8 Å². The molecule has 1 fully saturated rings. The highest BCUT2D eigenvalue weighted by Crippen LogP contribution is 2.27. The smallest absolute Gasteiger partial charge is 0.463 e. The zero-order valence-electron chi connectivity index (χ0n) is 22.1. The van der Waals surface area contributed by atoms with Gasteiger partial charge in [0.2, 0.25) is 11.9 Å². The number of urea groups is 1. The molecule has 3 amide bonds. The Bertz CT molecular complexity index is 1260. The summed E-state index contributed by atoms with van der Waals surface area (Å²) < 4.78 is 12.6. The highest BCUT2D eigenvalue weighted by atomic mass is 16.6. The van der Waals surface area contributed by atoms with Crippen molar-refractivity contribution in [3.8, 4) is 16.9 Å². The van der Waals surface area contributed by atoms with Gasteiger partial charge in [-0.05, 0) is 59.9 Å². The third kappa shape index (κ3) is 6.50. The van der Waals surface area contributed by atoms with Crippen LogP contribution < -0.4 is 25.1 Å². The standard InChI is InChI=1S/C29H36N4O4/c1-20-17-25(22-10-11-24-19-26(36-4)13-12-23(24)18-22)14-15-33(20)32(3)29(35)37-16-8-6-5-7-9-27-21(2)30-28(34)31-27/h10-15,17-19,21,27H,5-9,16H2,1-4H3,(H-,30,31,34)/p+1/t21-,27+/m0/s1. The van der Waals surface area contributed by atoms with Gasteiger partial charge in [-0.15, -0.1) is 0 Å². The lowest BCUT2D eigenvalue weighted by Gasteiger charge is -2.14.